The van der Waals surface area contributed by atoms with Gasteiger partial charge in [-0.1, -0.05) is 182 Å². The normalized spacial score (nSPS) is 13.1. The first-order valence-electron chi connectivity index (χ1n) is 23.4. The third-order valence-corrected chi connectivity index (χ3v) is 9.33. The molecule has 0 amide bonds. The zero-order valence-corrected chi connectivity index (χ0v) is 37.7. The minimum atomic E-state index is -0.824. The second kappa shape index (κ2) is 46.8. The number of rotatable bonds is 40. The molecular formula is C53H84O6. The van der Waals surface area contributed by atoms with Crippen LogP contribution in [0.4, 0.5) is 0 Å². The molecule has 332 valence electrons. The summed E-state index contributed by atoms with van der Waals surface area (Å²) in [5, 5.41) is 0. The van der Waals surface area contributed by atoms with Crippen LogP contribution in [0.3, 0.4) is 0 Å². The minimum Gasteiger partial charge on any atom is -0.462 e. The second-order valence-electron chi connectivity index (χ2n) is 15.0. The van der Waals surface area contributed by atoms with Crippen LogP contribution in [-0.2, 0) is 28.6 Å². The quantitative estimate of drug-likeness (QED) is 0.0201. The van der Waals surface area contributed by atoms with E-state index < -0.39 is 6.10 Å². The molecular weight excluding hydrogens is 733 g/mol. The first-order chi connectivity index (χ1) is 29.0. The van der Waals surface area contributed by atoms with Crippen molar-refractivity contribution >= 4 is 17.9 Å². The number of unbranched alkanes of at least 4 members (excludes halogenated alkanes) is 14. The first-order valence-corrected chi connectivity index (χ1v) is 23.4. The van der Waals surface area contributed by atoms with E-state index in [-0.39, 0.29) is 44.0 Å². The van der Waals surface area contributed by atoms with E-state index in [0.717, 1.165) is 83.5 Å². The van der Waals surface area contributed by atoms with Gasteiger partial charge in [-0.15, -0.1) is 0 Å². The van der Waals surface area contributed by atoms with Crippen molar-refractivity contribution in [3.05, 3.63) is 109 Å². The Morgan fingerprint density at radius 3 is 1.34 bits per heavy atom. The molecule has 0 radical (unpaired) electrons. The molecule has 0 aromatic heterocycles. The van der Waals surface area contributed by atoms with E-state index in [2.05, 4.69) is 93.7 Å². The zero-order valence-electron chi connectivity index (χ0n) is 37.7. The van der Waals surface area contributed by atoms with Gasteiger partial charge in [0.2, 0.25) is 0 Å². The van der Waals surface area contributed by atoms with Gasteiger partial charge in [-0.2, -0.15) is 0 Å². The van der Waals surface area contributed by atoms with Gasteiger partial charge >= 0.3 is 17.9 Å². The predicted octanol–water partition coefficient (Wildman–Crippen LogP) is 15.2. The number of esters is 3. The molecule has 1 atom stereocenters. The highest BCUT2D eigenvalue weighted by atomic mass is 16.6. The molecule has 0 fully saturated rings. The van der Waals surface area contributed by atoms with Crippen molar-refractivity contribution in [1.29, 1.82) is 0 Å². The van der Waals surface area contributed by atoms with Gasteiger partial charge in [0.1, 0.15) is 13.2 Å². The fourth-order valence-electron chi connectivity index (χ4n) is 5.78. The van der Waals surface area contributed by atoms with Crippen molar-refractivity contribution in [2.75, 3.05) is 13.2 Å². The lowest BCUT2D eigenvalue weighted by atomic mass is 10.1. The predicted molar refractivity (Wildman–Crippen MR) is 251 cm³/mol. The molecule has 0 spiro atoms. The average Bonchev–Trinajstić information content (AvgIpc) is 3.23. The topological polar surface area (TPSA) is 78.9 Å². The summed E-state index contributed by atoms with van der Waals surface area (Å²) < 4.78 is 16.6. The van der Waals surface area contributed by atoms with Crippen molar-refractivity contribution in [2.45, 2.75) is 194 Å². The largest absolute Gasteiger partial charge is 0.462 e. The van der Waals surface area contributed by atoms with Crippen molar-refractivity contribution in [3.63, 3.8) is 0 Å². The van der Waals surface area contributed by atoms with Crippen LogP contribution in [0, 0.1) is 0 Å². The van der Waals surface area contributed by atoms with E-state index in [1.165, 1.54) is 51.4 Å². The van der Waals surface area contributed by atoms with Crippen molar-refractivity contribution in [3.8, 4) is 0 Å². The Balaban J connectivity index is 4.56. The van der Waals surface area contributed by atoms with E-state index in [4.69, 9.17) is 14.2 Å². The Hall–Kier alpha value is -3.93. The maximum absolute atomic E-state index is 12.7. The molecule has 0 saturated carbocycles. The zero-order chi connectivity index (χ0) is 43.0. The van der Waals surface area contributed by atoms with Gasteiger partial charge in [0.25, 0.3) is 0 Å². The first kappa shape index (κ1) is 55.1. The lowest BCUT2D eigenvalue weighted by Crippen LogP contribution is -2.30. The summed E-state index contributed by atoms with van der Waals surface area (Å²) in [4.78, 5) is 37.8. The molecule has 0 N–H and O–H groups in total. The molecule has 59 heavy (non-hydrogen) atoms. The number of carbonyl (C=O) groups is 3. The van der Waals surface area contributed by atoms with Gasteiger partial charge in [0.15, 0.2) is 6.10 Å². The molecule has 0 rings (SSSR count). The third kappa shape index (κ3) is 45.0. The monoisotopic (exact) mass is 817 g/mol. The third-order valence-electron chi connectivity index (χ3n) is 9.33. The van der Waals surface area contributed by atoms with Crippen LogP contribution in [0.1, 0.15) is 188 Å². The number of ether oxygens (including phenoxy) is 3. The number of hydrogen-bond acceptors (Lipinski definition) is 6. The van der Waals surface area contributed by atoms with Crippen LogP contribution >= 0.6 is 0 Å². The smallest absolute Gasteiger partial charge is 0.306 e. The van der Waals surface area contributed by atoms with E-state index >= 15 is 0 Å². The van der Waals surface area contributed by atoms with Crippen LogP contribution in [0.15, 0.2) is 109 Å². The molecule has 0 aromatic rings. The summed E-state index contributed by atoms with van der Waals surface area (Å²) in [6, 6.07) is 0. The lowest BCUT2D eigenvalue weighted by molar-refractivity contribution is -0.167. The molecule has 1 unspecified atom stereocenters. The van der Waals surface area contributed by atoms with Crippen LogP contribution in [-0.4, -0.2) is 37.2 Å². The Kier molecular flexibility index (Phi) is 43.6. The van der Waals surface area contributed by atoms with Crippen LogP contribution in [0.5, 0.6) is 0 Å². The number of carbonyl (C=O) groups excluding carboxylic acids is 3. The number of hydrogen-bond donors (Lipinski definition) is 0. The summed E-state index contributed by atoms with van der Waals surface area (Å²) in [6.07, 6.45) is 62.2. The standard InChI is InChI=1S/C53H84O6/c1-4-7-10-13-16-19-22-24-25-26-27-29-31-34-37-40-43-46-52(55)58-49-50(48-57-51(54)45-42-39-36-33-30-21-18-15-12-9-6-3)59-53(56)47-44-41-38-35-32-28-23-20-17-14-11-8-5-2/h8,11,14-20,23-25,27-29,32,34,37,50H,4-7,9-10,12-13,21-22,26,30-31,33,35-36,38-49H2,1-3H3/b11-8-,17-14-,18-15-,19-16-,23-20-,25-24-,29-27-,32-28-,37-34-. The van der Waals surface area contributed by atoms with Crippen LogP contribution in [0.2, 0.25) is 0 Å². The molecule has 0 aliphatic heterocycles. The summed E-state index contributed by atoms with van der Waals surface area (Å²) in [5.41, 5.74) is 0. The van der Waals surface area contributed by atoms with Crippen molar-refractivity contribution in [2.24, 2.45) is 0 Å². The summed E-state index contributed by atoms with van der Waals surface area (Å²) >= 11 is 0. The van der Waals surface area contributed by atoms with E-state index in [1.807, 2.05) is 36.5 Å². The summed E-state index contributed by atoms with van der Waals surface area (Å²) in [7, 11) is 0. The minimum absolute atomic E-state index is 0.118. The Bertz CT molecular complexity index is 1260. The Morgan fingerprint density at radius 1 is 0.373 bits per heavy atom. The van der Waals surface area contributed by atoms with Gasteiger partial charge in [-0.05, 0) is 96.3 Å². The SMILES string of the molecule is CC\C=C/C=C\C=C/C=C\CCCCCC(=O)OC(COC(=O)CCC/C=C\C/C=C\C/C=C\C/C=C\CCCCC)COC(=O)CCCCCCC/C=C\CCCC. The van der Waals surface area contributed by atoms with Gasteiger partial charge in [0, 0.05) is 19.3 Å². The van der Waals surface area contributed by atoms with E-state index in [9.17, 15) is 14.4 Å². The van der Waals surface area contributed by atoms with Gasteiger partial charge < -0.3 is 14.2 Å². The molecule has 0 heterocycles. The highest BCUT2D eigenvalue weighted by Gasteiger charge is 2.19. The Morgan fingerprint density at radius 2 is 0.763 bits per heavy atom. The van der Waals surface area contributed by atoms with Gasteiger partial charge in [0.05, 0.1) is 0 Å². The van der Waals surface area contributed by atoms with Gasteiger partial charge in [-0.3, -0.25) is 14.4 Å². The summed E-state index contributed by atoms with van der Waals surface area (Å²) in [6.45, 7) is 6.31. The lowest BCUT2D eigenvalue weighted by Gasteiger charge is -2.18. The van der Waals surface area contributed by atoms with Gasteiger partial charge in [-0.25, -0.2) is 0 Å². The van der Waals surface area contributed by atoms with Crippen molar-refractivity contribution < 1.29 is 28.6 Å². The van der Waals surface area contributed by atoms with E-state index in [1.54, 1.807) is 0 Å². The molecule has 0 aliphatic rings. The van der Waals surface area contributed by atoms with Crippen LogP contribution in [0.25, 0.3) is 0 Å². The highest BCUT2D eigenvalue weighted by Crippen LogP contribution is 2.11. The fourth-order valence-corrected chi connectivity index (χ4v) is 5.78. The molecule has 6 nitrogen and oxygen atoms in total. The maximum Gasteiger partial charge on any atom is 0.306 e. The fraction of sp³-hybridized carbons (Fsp3) is 0.604. The molecule has 0 bridgehead atoms. The molecule has 0 saturated heterocycles. The average molecular weight is 817 g/mol. The Labute approximate surface area is 361 Å². The molecule has 6 heteroatoms. The summed E-state index contributed by atoms with van der Waals surface area (Å²) in [5.74, 6) is -1.04. The highest BCUT2D eigenvalue weighted by molar-refractivity contribution is 5.71. The number of allylic oxidation sites excluding steroid dienone is 18. The van der Waals surface area contributed by atoms with E-state index in [0.29, 0.717) is 19.3 Å². The molecule has 0 aliphatic carbocycles. The van der Waals surface area contributed by atoms with Crippen molar-refractivity contribution in [1.82, 2.24) is 0 Å². The van der Waals surface area contributed by atoms with Crippen LogP contribution < -0.4 is 0 Å². The maximum atomic E-state index is 12.7. The molecule has 0 aromatic carbocycles. The second-order valence-corrected chi connectivity index (χ2v) is 15.0.